The molecule has 1 saturated heterocycles. The van der Waals surface area contributed by atoms with E-state index in [-0.39, 0.29) is 5.25 Å². The van der Waals surface area contributed by atoms with Crippen molar-refractivity contribution in [2.24, 2.45) is 7.05 Å². The first-order valence-electron chi connectivity index (χ1n) is 5.98. The Balaban J connectivity index is 2.12. The van der Waals surface area contributed by atoms with Crippen LogP contribution in [0.3, 0.4) is 0 Å². The maximum absolute atomic E-state index is 12.1. The zero-order valence-electron chi connectivity index (χ0n) is 10.2. The van der Waals surface area contributed by atoms with E-state index in [4.69, 9.17) is 0 Å². The van der Waals surface area contributed by atoms with E-state index >= 15 is 0 Å². The summed E-state index contributed by atoms with van der Waals surface area (Å²) in [5.41, 5.74) is 2.05. The summed E-state index contributed by atoms with van der Waals surface area (Å²) < 4.78 is 2.85. The van der Waals surface area contributed by atoms with Crippen molar-refractivity contribution in [1.29, 1.82) is 0 Å². The van der Waals surface area contributed by atoms with Crippen LogP contribution < -0.4 is 0 Å². The minimum absolute atomic E-state index is 0.210. The third kappa shape index (κ3) is 2.76. The van der Waals surface area contributed by atoms with Crippen molar-refractivity contribution >= 4 is 33.5 Å². The third-order valence-corrected chi connectivity index (χ3v) is 5.47. The number of hydrogen-bond acceptors (Lipinski definition) is 3. The summed E-state index contributed by atoms with van der Waals surface area (Å²) in [6, 6.07) is 0. The van der Waals surface area contributed by atoms with Gasteiger partial charge in [-0.3, -0.25) is 9.48 Å². The van der Waals surface area contributed by atoms with E-state index in [1.807, 2.05) is 11.7 Å². The van der Waals surface area contributed by atoms with Crippen molar-refractivity contribution in [3.8, 4) is 0 Å². The molecule has 1 aromatic rings. The van der Waals surface area contributed by atoms with Gasteiger partial charge in [-0.25, -0.2) is 0 Å². The number of rotatable bonds is 4. The number of halogens is 1. The number of nitrogens with zero attached hydrogens (tertiary/aromatic N) is 2. The van der Waals surface area contributed by atoms with Gasteiger partial charge in [-0.05, 0) is 40.9 Å². The molecule has 2 heterocycles. The lowest BCUT2D eigenvalue weighted by molar-refractivity contribution is -0.118. The maximum Gasteiger partial charge on any atom is 0.151 e. The van der Waals surface area contributed by atoms with E-state index in [0.29, 0.717) is 12.2 Å². The molecular formula is C12H17BrN2OS. The van der Waals surface area contributed by atoms with Crippen molar-refractivity contribution in [3.63, 3.8) is 0 Å². The summed E-state index contributed by atoms with van der Waals surface area (Å²) in [4.78, 5) is 12.1. The number of aryl methyl sites for hydroxylation is 2. The Labute approximate surface area is 114 Å². The molecule has 1 unspecified atom stereocenters. The molecule has 2 rings (SSSR count). The van der Waals surface area contributed by atoms with Gasteiger partial charge in [-0.2, -0.15) is 16.9 Å². The van der Waals surface area contributed by atoms with Crippen LogP contribution in [0.2, 0.25) is 0 Å². The SMILES string of the molecule is CCc1nn(C)c(CC(=O)C2CCCS2)c1Br. The Kier molecular flexibility index (Phi) is 4.31. The molecule has 0 radical (unpaired) electrons. The Morgan fingerprint density at radius 2 is 2.41 bits per heavy atom. The zero-order chi connectivity index (χ0) is 12.4. The van der Waals surface area contributed by atoms with E-state index in [9.17, 15) is 4.79 Å². The molecule has 1 aromatic heterocycles. The van der Waals surface area contributed by atoms with Crippen LogP contribution in [0.5, 0.6) is 0 Å². The van der Waals surface area contributed by atoms with Crippen molar-refractivity contribution in [2.45, 2.75) is 37.9 Å². The number of thioether (sulfide) groups is 1. The summed E-state index contributed by atoms with van der Waals surface area (Å²) in [5.74, 6) is 1.47. The van der Waals surface area contributed by atoms with Crippen LogP contribution in [0.15, 0.2) is 4.47 Å². The minimum atomic E-state index is 0.210. The van der Waals surface area contributed by atoms with Crippen LogP contribution in [0.25, 0.3) is 0 Å². The van der Waals surface area contributed by atoms with Crippen LogP contribution in [0, 0.1) is 0 Å². The van der Waals surface area contributed by atoms with Gasteiger partial charge in [0.15, 0.2) is 5.78 Å². The fraction of sp³-hybridized carbons (Fsp3) is 0.667. The second-order valence-corrected chi connectivity index (χ2v) is 6.43. The third-order valence-electron chi connectivity index (χ3n) is 3.13. The molecule has 0 N–H and O–H groups in total. The molecule has 1 aliphatic heterocycles. The maximum atomic E-state index is 12.1. The fourth-order valence-electron chi connectivity index (χ4n) is 2.12. The number of carbonyl (C=O) groups is 1. The Bertz CT molecular complexity index is 424. The first-order chi connectivity index (χ1) is 8.13. The molecular weight excluding hydrogens is 300 g/mol. The van der Waals surface area contributed by atoms with Gasteiger partial charge < -0.3 is 0 Å². The number of Topliss-reactive ketones (excluding diaryl/α,β-unsaturated/α-hetero) is 1. The average molecular weight is 317 g/mol. The topological polar surface area (TPSA) is 34.9 Å². The van der Waals surface area contributed by atoms with Gasteiger partial charge in [0, 0.05) is 7.05 Å². The number of ketones is 1. The molecule has 5 heteroatoms. The lowest BCUT2D eigenvalue weighted by Crippen LogP contribution is -2.18. The van der Waals surface area contributed by atoms with E-state index in [1.54, 1.807) is 11.8 Å². The molecule has 94 valence electrons. The lowest BCUT2D eigenvalue weighted by Gasteiger charge is -2.07. The molecule has 0 amide bonds. The number of hydrogen-bond donors (Lipinski definition) is 0. The molecule has 0 spiro atoms. The average Bonchev–Trinajstić information content (AvgIpc) is 2.92. The summed E-state index contributed by atoms with van der Waals surface area (Å²) >= 11 is 5.36. The molecule has 1 aliphatic rings. The van der Waals surface area contributed by atoms with Crippen LogP contribution in [-0.4, -0.2) is 26.6 Å². The minimum Gasteiger partial charge on any atom is -0.298 e. The summed E-state index contributed by atoms with van der Waals surface area (Å²) in [6.07, 6.45) is 3.61. The normalized spacial score (nSPS) is 19.8. The highest BCUT2D eigenvalue weighted by molar-refractivity contribution is 9.10. The van der Waals surface area contributed by atoms with Gasteiger partial charge >= 0.3 is 0 Å². The summed E-state index contributed by atoms with van der Waals surface area (Å²) in [7, 11) is 1.91. The van der Waals surface area contributed by atoms with Gasteiger partial charge in [0.25, 0.3) is 0 Å². The van der Waals surface area contributed by atoms with Crippen LogP contribution in [0.1, 0.15) is 31.2 Å². The number of carbonyl (C=O) groups excluding carboxylic acids is 1. The van der Waals surface area contributed by atoms with Crippen molar-refractivity contribution in [3.05, 3.63) is 15.9 Å². The molecule has 3 nitrogen and oxygen atoms in total. The zero-order valence-corrected chi connectivity index (χ0v) is 12.6. The predicted molar refractivity (Wildman–Crippen MR) is 74.5 cm³/mol. The predicted octanol–water partition coefficient (Wildman–Crippen LogP) is 2.75. The quantitative estimate of drug-likeness (QED) is 0.856. The molecule has 1 fully saturated rings. The highest BCUT2D eigenvalue weighted by Crippen LogP contribution is 2.29. The van der Waals surface area contributed by atoms with Gasteiger partial charge in [0.2, 0.25) is 0 Å². The van der Waals surface area contributed by atoms with Crippen molar-refractivity contribution in [1.82, 2.24) is 9.78 Å². The monoisotopic (exact) mass is 316 g/mol. The summed E-state index contributed by atoms with van der Waals surface area (Å²) in [6.45, 7) is 2.07. The second-order valence-electron chi connectivity index (χ2n) is 4.33. The van der Waals surface area contributed by atoms with E-state index < -0.39 is 0 Å². The summed E-state index contributed by atoms with van der Waals surface area (Å²) in [5, 5.41) is 4.63. The largest absolute Gasteiger partial charge is 0.298 e. The van der Waals surface area contributed by atoms with Crippen LogP contribution in [0.4, 0.5) is 0 Å². The smallest absolute Gasteiger partial charge is 0.151 e. The first kappa shape index (κ1) is 13.1. The van der Waals surface area contributed by atoms with Gasteiger partial charge in [0.1, 0.15) is 0 Å². The van der Waals surface area contributed by atoms with Crippen molar-refractivity contribution in [2.75, 3.05) is 5.75 Å². The standard InChI is InChI=1S/C12H17BrN2OS/c1-3-8-12(13)9(15(2)14-8)7-10(16)11-5-4-6-17-11/h11H,3-7H2,1-2H3. The van der Waals surface area contributed by atoms with Crippen LogP contribution >= 0.6 is 27.7 Å². The van der Waals surface area contributed by atoms with E-state index in [2.05, 4.69) is 28.0 Å². The molecule has 0 saturated carbocycles. The van der Waals surface area contributed by atoms with Gasteiger partial charge in [-0.1, -0.05) is 6.92 Å². The highest BCUT2D eigenvalue weighted by atomic mass is 79.9. The Hall–Kier alpha value is -0.290. The fourth-order valence-corrected chi connectivity index (χ4v) is 4.10. The molecule has 1 atom stereocenters. The molecule has 0 bridgehead atoms. The van der Waals surface area contributed by atoms with Gasteiger partial charge in [-0.15, -0.1) is 0 Å². The molecule has 0 aromatic carbocycles. The van der Waals surface area contributed by atoms with Gasteiger partial charge in [0.05, 0.1) is 27.5 Å². The lowest BCUT2D eigenvalue weighted by atomic mass is 10.1. The molecule has 0 aliphatic carbocycles. The Morgan fingerprint density at radius 1 is 1.65 bits per heavy atom. The van der Waals surface area contributed by atoms with Crippen molar-refractivity contribution < 1.29 is 4.79 Å². The first-order valence-corrected chi connectivity index (χ1v) is 7.82. The van der Waals surface area contributed by atoms with E-state index in [1.165, 1.54) is 6.42 Å². The number of aromatic nitrogens is 2. The highest BCUT2D eigenvalue weighted by Gasteiger charge is 2.25. The molecule has 17 heavy (non-hydrogen) atoms. The second kappa shape index (κ2) is 5.57. The Morgan fingerprint density at radius 3 is 2.94 bits per heavy atom. The van der Waals surface area contributed by atoms with E-state index in [0.717, 1.165) is 34.5 Å². The van der Waals surface area contributed by atoms with Crippen LogP contribution in [-0.2, 0) is 24.7 Å².